The number of unbranched alkanes of at least 4 members (excludes halogenated alkanes) is 2. The first-order valence-corrected chi connectivity index (χ1v) is 4.56. The van der Waals surface area contributed by atoms with Gasteiger partial charge in [0.25, 0.3) is 0 Å². The van der Waals surface area contributed by atoms with Gasteiger partial charge in [0, 0.05) is 0 Å². The standard InChI is InChI=1S/C9H15NO2/c1-2-3-4-5-7-8(11)6-10-9(7)12/h7H,2-6H2,1H3,(H,10,12). The number of carbonyl (C=O) groups excluding carboxylic acids is 2. The van der Waals surface area contributed by atoms with Crippen LogP contribution in [-0.2, 0) is 9.59 Å². The summed E-state index contributed by atoms with van der Waals surface area (Å²) < 4.78 is 0. The van der Waals surface area contributed by atoms with E-state index in [4.69, 9.17) is 0 Å². The summed E-state index contributed by atoms with van der Waals surface area (Å²) in [6.07, 6.45) is 3.96. The lowest BCUT2D eigenvalue weighted by atomic mass is 9.99. The molecule has 1 fully saturated rings. The van der Waals surface area contributed by atoms with E-state index in [1.54, 1.807) is 0 Å². The molecular weight excluding hydrogens is 154 g/mol. The summed E-state index contributed by atoms with van der Waals surface area (Å²) in [5.74, 6) is -0.344. The quantitative estimate of drug-likeness (QED) is 0.501. The van der Waals surface area contributed by atoms with Crippen LogP contribution in [0.25, 0.3) is 0 Å². The maximum absolute atomic E-state index is 11.1. The molecule has 1 aliphatic heterocycles. The summed E-state index contributed by atoms with van der Waals surface area (Å²) in [7, 11) is 0. The van der Waals surface area contributed by atoms with Crippen LogP contribution in [0.2, 0.25) is 0 Å². The molecule has 1 rings (SSSR count). The van der Waals surface area contributed by atoms with E-state index in [1.807, 2.05) is 0 Å². The summed E-state index contributed by atoms with van der Waals surface area (Å²) in [6, 6.07) is 0. The van der Waals surface area contributed by atoms with Crippen LogP contribution >= 0.6 is 0 Å². The third-order valence-electron chi connectivity index (χ3n) is 2.24. The number of rotatable bonds is 4. The molecule has 0 spiro atoms. The number of nitrogens with one attached hydrogen (secondary N) is 1. The van der Waals surface area contributed by atoms with Gasteiger partial charge in [0.2, 0.25) is 5.91 Å². The molecule has 1 aliphatic rings. The molecule has 1 atom stereocenters. The van der Waals surface area contributed by atoms with Crippen molar-refractivity contribution < 1.29 is 9.59 Å². The summed E-state index contributed by atoms with van der Waals surface area (Å²) in [5.41, 5.74) is 0. The van der Waals surface area contributed by atoms with Crippen molar-refractivity contribution >= 4 is 11.7 Å². The Labute approximate surface area is 72.5 Å². The zero-order valence-electron chi connectivity index (χ0n) is 7.43. The van der Waals surface area contributed by atoms with Crippen LogP contribution in [0.15, 0.2) is 0 Å². The minimum absolute atomic E-state index is 0.0658. The van der Waals surface area contributed by atoms with E-state index in [0.717, 1.165) is 25.7 Å². The highest BCUT2D eigenvalue weighted by Gasteiger charge is 2.31. The summed E-state index contributed by atoms with van der Waals surface area (Å²) >= 11 is 0. The van der Waals surface area contributed by atoms with Crippen LogP contribution in [0.1, 0.15) is 32.6 Å². The van der Waals surface area contributed by atoms with Crippen LogP contribution in [0.3, 0.4) is 0 Å². The van der Waals surface area contributed by atoms with Crippen LogP contribution in [0.5, 0.6) is 0 Å². The molecule has 1 heterocycles. The maximum atomic E-state index is 11.1. The zero-order valence-corrected chi connectivity index (χ0v) is 7.43. The topological polar surface area (TPSA) is 46.2 Å². The number of Topliss-reactive ketones (excluding diaryl/α,β-unsaturated/α-hetero) is 1. The lowest BCUT2D eigenvalue weighted by molar-refractivity contribution is -0.127. The first kappa shape index (κ1) is 9.23. The second-order valence-electron chi connectivity index (χ2n) is 3.23. The number of hydrogen-bond donors (Lipinski definition) is 1. The first-order chi connectivity index (χ1) is 5.75. The van der Waals surface area contributed by atoms with E-state index in [-0.39, 0.29) is 24.2 Å². The maximum Gasteiger partial charge on any atom is 0.231 e. The average Bonchev–Trinajstić information content (AvgIpc) is 2.35. The molecule has 68 valence electrons. The van der Waals surface area contributed by atoms with Gasteiger partial charge in [0.15, 0.2) is 5.78 Å². The van der Waals surface area contributed by atoms with Gasteiger partial charge in [-0.25, -0.2) is 0 Å². The molecule has 0 aliphatic carbocycles. The van der Waals surface area contributed by atoms with Crippen molar-refractivity contribution in [1.82, 2.24) is 5.32 Å². The van der Waals surface area contributed by atoms with Gasteiger partial charge in [-0.2, -0.15) is 0 Å². The van der Waals surface area contributed by atoms with Gasteiger partial charge in [-0.3, -0.25) is 9.59 Å². The second-order valence-corrected chi connectivity index (χ2v) is 3.23. The molecule has 1 unspecified atom stereocenters. The van der Waals surface area contributed by atoms with Gasteiger partial charge >= 0.3 is 0 Å². The van der Waals surface area contributed by atoms with Gasteiger partial charge in [0.05, 0.1) is 12.5 Å². The SMILES string of the molecule is CCCCCC1C(=O)CNC1=O. The number of ketones is 1. The summed E-state index contributed by atoms with van der Waals surface area (Å²) in [4.78, 5) is 22.1. The van der Waals surface area contributed by atoms with Crippen molar-refractivity contribution in [3.05, 3.63) is 0 Å². The molecule has 0 aromatic carbocycles. The Kier molecular flexibility index (Phi) is 3.26. The zero-order chi connectivity index (χ0) is 8.97. The molecule has 0 aromatic heterocycles. The van der Waals surface area contributed by atoms with Gasteiger partial charge in [-0.1, -0.05) is 26.2 Å². The number of amides is 1. The third kappa shape index (κ3) is 2.06. The molecule has 0 aromatic rings. The van der Waals surface area contributed by atoms with Gasteiger partial charge in [-0.05, 0) is 6.42 Å². The van der Waals surface area contributed by atoms with E-state index >= 15 is 0 Å². The Morgan fingerprint density at radius 1 is 1.42 bits per heavy atom. The molecular formula is C9H15NO2. The van der Waals surface area contributed by atoms with E-state index in [0.29, 0.717) is 0 Å². The van der Waals surface area contributed by atoms with Crippen LogP contribution in [0.4, 0.5) is 0 Å². The van der Waals surface area contributed by atoms with Crippen molar-refractivity contribution in [1.29, 1.82) is 0 Å². The first-order valence-electron chi connectivity index (χ1n) is 4.56. The van der Waals surface area contributed by atoms with Crippen LogP contribution in [0, 0.1) is 5.92 Å². The van der Waals surface area contributed by atoms with E-state index in [2.05, 4.69) is 12.2 Å². The van der Waals surface area contributed by atoms with Crippen molar-refractivity contribution in [2.75, 3.05) is 6.54 Å². The van der Waals surface area contributed by atoms with E-state index in [9.17, 15) is 9.59 Å². The average molecular weight is 169 g/mol. The Bertz CT molecular complexity index is 173. The lowest BCUT2D eigenvalue weighted by Crippen LogP contribution is -2.19. The molecule has 0 saturated carbocycles. The Morgan fingerprint density at radius 2 is 2.17 bits per heavy atom. The molecule has 1 N–H and O–H groups in total. The predicted molar refractivity (Wildman–Crippen MR) is 45.6 cm³/mol. The molecule has 3 nitrogen and oxygen atoms in total. The monoisotopic (exact) mass is 169 g/mol. The molecule has 1 saturated heterocycles. The van der Waals surface area contributed by atoms with Crippen molar-refractivity contribution in [3.8, 4) is 0 Å². The Balaban J connectivity index is 2.30. The summed E-state index contributed by atoms with van der Waals surface area (Å²) in [6.45, 7) is 2.35. The second kappa shape index (κ2) is 4.24. The molecule has 0 bridgehead atoms. The lowest BCUT2D eigenvalue weighted by Gasteiger charge is -2.03. The number of hydrogen-bond acceptors (Lipinski definition) is 2. The summed E-state index contributed by atoms with van der Waals surface area (Å²) in [5, 5.41) is 2.56. The molecule has 1 amide bonds. The van der Waals surface area contributed by atoms with Crippen molar-refractivity contribution in [3.63, 3.8) is 0 Å². The highest BCUT2D eigenvalue weighted by Crippen LogP contribution is 2.14. The fourth-order valence-corrected chi connectivity index (χ4v) is 1.46. The molecule has 12 heavy (non-hydrogen) atoms. The minimum atomic E-state index is -0.337. The highest BCUT2D eigenvalue weighted by molar-refractivity contribution is 6.08. The Morgan fingerprint density at radius 3 is 2.67 bits per heavy atom. The predicted octanol–water partition coefficient (Wildman–Crippen LogP) is 0.882. The molecule has 3 heteroatoms. The van der Waals surface area contributed by atoms with Gasteiger partial charge in [-0.15, -0.1) is 0 Å². The van der Waals surface area contributed by atoms with Gasteiger partial charge < -0.3 is 5.32 Å². The molecule has 0 radical (unpaired) electrons. The number of carbonyl (C=O) groups is 2. The largest absolute Gasteiger partial charge is 0.348 e. The van der Waals surface area contributed by atoms with Crippen molar-refractivity contribution in [2.24, 2.45) is 5.92 Å². The van der Waals surface area contributed by atoms with Crippen LogP contribution in [-0.4, -0.2) is 18.2 Å². The smallest absolute Gasteiger partial charge is 0.231 e. The fourth-order valence-electron chi connectivity index (χ4n) is 1.46. The van der Waals surface area contributed by atoms with Crippen LogP contribution < -0.4 is 5.32 Å². The Hall–Kier alpha value is -0.860. The minimum Gasteiger partial charge on any atom is -0.348 e. The third-order valence-corrected chi connectivity index (χ3v) is 2.24. The highest BCUT2D eigenvalue weighted by atomic mass is 16.2. The fraction of sp³-hybridized carbons (Fsp3) is 0.778. The van der Waals surface area contributed by atoms with E-state index in [1.165, 1.54) is 0 Å². The van der Waals surface area contributed by atoms with Crippen molar-refractivity contribution in [2.45, 2.75) is 32.6 Å². The van der Waals surface area contributed by atoms with E-state index < -0.39 is 0 Å². The van der Waals surface area contributed by atoms with Gasteiger partial charge in [0.1, 0.15) is 0 Å². The normalized spacial score (nSPS) is 22.9.